The van der Waals surface area contributed by atoms with Gasteiger partial charge in [0.05, 0.1) is 25.4 Å². The molecule has 1 aliphatic heterocycles. The van der Waals surface area contributed by atoms with Crippen molar-refractivity contribution < 1.29 is 44.2 Å². The molecule has 10 nitrogen and oxygen atoms in total. The number of amides is 1. The van der Waals surface area contributed by atoms with Crippen LogP contribution in [0.2, 0.25) is 0 Å². The van der Waals surface area contributed by atoms with Crippen molar-refractivity contribution in [2.45, 2.75) is 155 Å². The van der Waals surface area contributed by atoms with Gasteiger partial charge in [-0.3, -0.25) is 9.59 Å². The predicted octanol–water partition coefficient (Wildman–Crippen LogP) is 3.95. The highest BCUT2D eigenvalue weighted by atomic mass is 16.7. The van der Waals surface area contributed by atoms with E-state index in [2.05, 4.69) is 33.0 Å². The van der Waals surface area contributed by atoms with Crippen LogP contribution < -0.4 is 5.32 Å². The van der Waals surface area contributed by atoms with Crippen LogP contribution in [0.4, 0.5) is 0 Å². The molecule has 5 aliphatic rings. The lowest BCUT2D eigenvalue weighted by atomic mass is 9.44. The third kappa shape index (κ3) is 7.43. The van der Waals surface area contributed by atoms with E-state index in [9.17, 15) is 30.0 Å². The lowest BCUT2D eigenvalue weighted by molar-refractivity contribution is -0.290. The number of rotatable bonds is 11. The smallest absolute Gasteiger partial charge is 0.302 e. The molecular formula is C37H63NO9. The maximum atomic E-state index is 12.2. The third-order valence-electron chi connectivity index (χ3n) is 13.8. The molecule has 5 N–H and O–H groups in total. The zero-order valence-corrected chi connectivity index (χ0v) is 29.6. The van der Waals surface area contributed by atoms with Crippen LogP contribution in [0.15, 0.2) is 0 Å². The van der Waals surface area contributed by atoms with E-state index < -0.39 is 37.3 Å². The summed E-state index contributed by atoms with van der Waals surface area (Å²) < 4.78 is 18.3. The van der Waals surface area contributed by atoms with Gasteiger partial charge in [-0.15, -0.1) is 0 Å². The molecule has 0 unspecified atom stereocenters. The Balaban J connectivity index is 1.40. The molecule has 1 amide bonds. The second-order valence-corrected chi connectivity index (χ2v) is 16.8. The maximum absolute atomic E-state index is 12.2. The average molecular weight is 666 g/mol. The van der Waals surface area contributed by atoms with Crippen molar-refractivity contribution in [2.24, 2.45) is 52.3 Å². The summed E-state index contributed by atoms with van der Waals surface area (Å²) in [5.74, 6) is 2.38. The topological polar surface area (TPSA) is 155 Å². The Morgan fingerprint density at radius 2 is 1.68 bits per heavy atom. The molecule has 10 heteroatoms. The van der Waals surface area contributed by atoms with Gasteiger partial charge in [0, 0.05) is 13.8 Å². The number of hydrogen-bond acceptors (Lipinski definition) is 9. The molecule has 4 saturated carbocycles. The molecule has 5 fully saturated rings. The zero-order chi connectivity index (χ0) is 34.3. The largest absolute Gasteiger partial charge is 0.466 e. The number of esters is 1. The average Bonchev–Trinajstić information content (AvgIpc) is 3.31. The summed E-state index contributed by atoms with van der Waals surface area (Å²) in [7, 11) is 0. The van der Waals surface area contributed by atoms with Crippen molar-refractivity contribution in [3.8, 4) is 0 Å². The van der Waals surface area contributed by atoms with Gasteiger partial charge >= 0.3 is 5.97 Å². The van der Waals surface area contributed by atoms with Crippen LogP contribution in [0.1, 0.15) is 112 Å². The summed E-state index contributed by atoms with van der Waals surface area (Å²) in [6.07, 6.45) is 6.23. The quantitative estimate of drug-likeness (QED) is 0.206. The zero-order valence-electron chi connectivity index (χ0n) is 29.6. The summed E-state index contributed by atoms with van der Waals surface area (Å²) in [5.41, 5.74) is 0.233. The number of nitrogens with one attached hydrogen (secondary N) is 1. The van der Waals surface area contributed by atoms with Gasteiger partial charge in [-0.05, 0) is 110 Å². The Hall–Kier alpha value is -1.30. The fourth-order valence-electron chi connectivity index (χ4n) is 11.4. The van der Waals surface area contributed by atoms with Crippen LogP contribution in [0.3, 0.4) is 0 Å². The Morgan fingerprint density at radius 1 is 0.957 bits per heavy atom. The van der Waals surface area contributed by atoms with E-state index in [0.29, 0.717) is 42.1 Å². The highest BCUT2D eigenvalue weighted by Crippen LogP contribution is 2.69. The lowest BCUT2D eigenvalue weighted by Crippen LogP contribution is -2.65. The molecule has 270 valence electrons. The summed E-state index contributed by atoms with van der Waals surface area (Å²) >= 11 is 0. The Kier molecular flexibility index (Phi) is 11.7. The summed E-state index contributed by atoms with van der Waals surface area (Å²) in [5, 5.41) is 45.0. The highest BCUT2D eigenvalue weighted by molar-refractivity contribution is 5.73. The molecule has 0 bridgehead atoms. The van der Waals surface area contributed by atoms with E-state index in [4.69, 9.17) is 14.2 Å². The van der Waals surface area contributed by atoms with E-state index in [1.54, 1.807) is 0 Å². The standard InChI is InChI=1S/C37H63NO9/c1-20(19-45-23(4)41)8-7-9-21(2)28-17-29(46-35-32(38-22(3)40)34(44)33(43)30(18-39)47-35)31-26-11-10-24-16-25(42)12-14-36(24,5)27(26)13-15-37(28,31)6/h20-21,24-35,39,42-44H,7-19H2,1-6H3,(H,38,40)/t20-,21-,24+,25-,26-,27+,28-,29+,30-,31-,32-,33-,34-,35-,36+,37-/m1/s1. The second-order valence-electron chi connectivity index (χ2n) is 16.8. The molecule has 0 radical (unpaired) electrons. The van der Waals surface area contributed by atoms with E-state index in [1.165, 1.54) is 20.3 Å². The minimum absolute atomic E-state index is 0.0403. The number of aliphatic hydroxyl groups is 4. The van der Waals surface area contributed by atoms with Crippen LogP contribution in [-0.2, 0) is 23.8 Å². The van der Waals surface area contributed by atoms with Gasteiger partial charge in [-0.2, -0.15) is 0 Å². The molecule has 4 aliphatic carbocycles. The third-order valence-corrected chi connectivity index (χ3v) is 13.8. The first-order chi connectivity index (χ1) is 22.2. The minimum Gasteiger partial charge on any atom is -0.466 e. The maximum Gasteiger partial charge on any atom is 0.302 e. The molecule has 16 atom stereocenters. The van der Waals surface area contributed by atoms with Crippen LogP contribution in [-0.4, -0.2) is 88.4 Å². The molecule has 0 aromatic heterocycles. The number of fused-ring (bicyclic) bond motifs is 5. The number of carbonyl (C=O) groups excluding carboxylic acids is 2. The number of aliphatic hydroxyl groups excluding tert-OH is 4. The van der Waals surface area contributed by atoms with Crippen molar-refractivity contribution >= 4 is 11.9 Å². The summed E-state index contributed by atoms with van der Waals surface area (Å²) in [6, 6.07) is -0.959. The lowest BCUT2D eigenvalue weighted by Gasteiger charge is -2.61. The molecule has 5 rings (SSSR count). The number of hydrogen-bond donors (Lipinski definition) is 5. The van der Waals surface area contributed by atoms with Gasteiger partial charge in [-0.1, -0.05) is 40.5 Å². The molecule has 0 aromatic rings. The normalized spacial score (nSPS) is 46.0. The van der Waals surface area contributed by atoms with Crippen molar-refractivity contribution in [3.63, 3.8) is 0 Å². The molecule has 0 spiro atoms. The van der Waals surface area contributed by atoms with E-state index in [1.807, 2.05) is 0 Å². The van der Waals surface area contributed by atoms with E-state index >= 15 is 0 Å². The first kappa shape index (κ1) is 37.0. The van der Waals surface area contributed by atoms with E-state index in [-0.39, 0.29) is 40.8 Å². The van der Waals surface area contributed by atoms with Crippen molar-refractivity contribution in [1.29, 1.82) is 0 Å². The first-order valence-electron chi connectivity index (χ1n) is 18.6. The molecule has 47 heavy (non-hydrogen) atoms. The molecule has 1 saturated heterocycles. The van der Waals surface area contributed by atoms with Crippen LogP contribution >= 0.6 is 0 Å². The van der Waals surface area contributed by atoms with Crippen molar-refractivity contribution in [3.05, 3.63) is 0 Å². The van der Waals surface area contributed by atoms with Crippen LogP contribution in [0.25, 0.3) is 0 Å². The minimum atomic E-state index is -1.35. The molecular weight excluding hydrogens is 602 g/mol. The van der Waals surface area contributed by atoms with Gasteiger partial charge in [0.25, 0.3) is 0 Å². The second kappa shape index (κ2) is 14.9. The van der Waals surface area contributed by atoms with Gasteiger partial charge in [0.1, 0.15) is 24.4 Å². The van der Waals surface area contributed by atoms with Crippen molar-refractivity contribution in [1.82, 2.24) is 5.32 Å². The van der Waals surface area contributed by atoms with Gasteiger partial charge in [0.2, 0.25) is 5.91 Å². The fraction of sp³-hybridized carbons (Fsp3) is 0.946. The molecule has 0 aromatic carbocycles. The van der Waals surface area contributed by atoms with E-state index in [0.717, 1.165) is 64.2 Å². The predicted molar refractivity (Wildman–Crippen MR) is 176 cm³/mol. The number of ether oxygens (including phenoxy) is 3. The number of carbonyl (C=O) groups is 2. The summed E-state index contributed by atoms with van der Waals surface area (Å²) in [6.45, 7) is 12.3. The molecule has 1 heterocycles. The summed E-state index contributed by atoms with van der Waals surface area (Å²) in [4.78, 5) is 23.5. The van der Waals surface area contributed by atoms with Gasteiger partial charge < -0.3 is 40.0 Å². The van der Waals surface area contributed by atoms with Crippen LogP contribution in [0.5, 0.6) is 0 Å². The van der Waals surface area contributed by atoms with Gasteiger partial charge in [0.15, 0.2) is 6.29 Å². The SMILES string of the molecule is CC(=O)N[C@H]1[C@H](O[C@H]2C[C@H]([C@H](C)CCC[C@@H](C)COC(C)=O)[C@@]3(C)CC[C@H]4[C@@H](CC[C@H]5C[C@H](O)CC[C@@]54C)[C@H]23)O[C@H](CO)[C@@H](O)[C@@H]1O. The Bertz CT molecular complexity index is 1090. The fourth-order valence-corrected chi connectivity index (χ4v) is 11.4. The monoisotopic (exact) mass is 665 g/mol. The highest BCUT2D eigenvalue weighted by Gasteiger charge is 2.64. The Morgan fingerprint density at radius 3 is 2.36 bits per heavy atom. The van der Waals surface area contributed by atoms with Gasteiger partial charge in [-0.25, -0.2) is 0 Å². The van der Waals surface area contributed by atoms with Crippen LogP contribution in [0, 0.1) is 52.3 Å². The first-order valence-corrected chi connectivity index (χ1v) is 18.6. The van der Waals surface area contributed by atoms with Crippen molar-refractivity contribution in [2.75, 3.05) is 13.2 Å². The Labute approximate surface area is 281 Å².